The van der Waals surface area contributed by atoms with E-state index in [1.165, 1.54) is 6.26 Å². The van der Waals surface area contributed by atoms with E-state index >= 15 is 0 Å². The summed E-state index contributed by atoms with van der Waals surface area (Å²) in [6.45, 7) is 4.22. The first kappa shape index (κ1) is 15.8. The van der Waals surface area contributed by atoms with E-state index in [4.69, 9.17) is 8.94 Å². The molecule has 9 nitrogen and oxygen atoms in total. The number of anilines is 1. The molecule has 9 heteroatoms. The molecule has 0 radical (unpaired) electrons. The van der Waals surface area contributed by atoms with E-state index in [1.54, 1.807) is 29.1 Å². The van der Waals surface area contributed by atoms with Gasteiger partial charge in [0.15, 0.2) is 11.6 Å². The molecule has 3 aromatic heterocycles. The highest BCUT2D eigenvalue weighted by atomic mass is 16.5. The quantitative estimate of drug-likeness (QED) is 0.719. The van der Waals surface area contributed by atoms with Crippen LogP contribution in [0.25, 0.3) is 11.7 Å². The third-order valence-corrected chi connectivity index (χ3v) is 3.53. The Labute approximate surface area is 138 Å². The molecule has 0 aliphatic heterocycles. The normalized spacial score (nSPS) is 12.1. The molecule has 2 N–H and O–H groups in total. The van der Waals surface area contributed by atoms with E-state index in [0.717, 1.165) is 6.42 Å². The number of carbonyl (C=O) groups is 1. The van der Waals surface area contributed by atoms with Crippen molar-refractivity contribution in [2.24, 2.45) is 0 Å². The topological polar surface area (TPSA) is 111 Å². The summed E-state index contributed by atoms with van der Waals surface area (Å²) in [5.74, 6) is 1.74. The molecule has 0 bridgehead atoms. The van der Waals surface area contributed by atoms with Crippen molar-refractivity contribution in [2.75, 3.05) is 5.32 Å². The second-order valence-electron chi connectivity index (χ2n) is 5.22. The fourth-order valence-corrected chi connectivity index (χ4v) is 2.08. The summed E-state index contributed by atoms with van der Waals surface area (Å²) in [5, 5.41) is 13.4. The molecule has 0 saturated heterocycles. The van der Waals surface area contributed by atoms with Gasteiger partial charge in [0, 0.05) is 6.07 Å². The van der Waals surface area contributed by atoms with Crippen LogP contribution in [0.4, 0.5) is 10.6 Å². The molecule has 0 aliphatic rings. The number of hydrogen-bond acceptors (Lipinski definition) is 6. The number of nitrogens with one attached hydrogen (secondary N) is 2. The van der Waals surface area contributed by atoms with Crippen LogP contribution < -0.4 is 10.6 Å². The highest BCUT2D eigenvalue weighted by molar-refractivity contribution is 5.88. The maximum Gasteiger partial charge on any atom is 0.320 e. The highest BCUT2D eigenvalue weighted by Crippen LogP contribution is 2.17. The van der Waals surface area contributed by atoms with Gasteiger partial charge in [-0.05, 0) is 25.5 Å². The van der Waals surface area contributed by atoms with Crippen LogP contribution in [0.3, 0.4) is 0 Å². The van der Waals surface area contributed by atoms with Crippen LogP contribution >= 0.6 is 0 Å². The number of rotatable bonds is 6. The smallest absolute Gasteiger partial charge is 0.320 e. The zero-order valence-corrected chi connectivity index (χ0v) is 13.4. The SMILES string of the molecule is CC[C@H](C)n1nccc1NC(=O)NCc1noc(-c2ccco2)n1. The molecule has 3 heterocycles. The van der Waals surface area contributed by atoms with Crippen molar-refractivity contribution in [1.82, 2.24) is 25.2 Å². The Morgan fingerprint density at radius 3 is 3.04 bits per heavy atom. The monoisotopic (exact) mass is 330 g/mol. The molecule has 0 spiro atoms. The van der Waals surface area contributed by atoms with E-state index in [0.29, 0.717) is 17.4 Å². The van der Waals surface area contributed by atoms with Crippen LogP contribution in [0.5, 0.6) is 0 Å². The van der Waals surface area contributed by atoms with Crippen LogP contribution in [0, 0.1) is 0 Å². The van der Waals surface area contributed by atoms with Gasteiger partial charge >= 0.3 is 6.03 Å². The molecule has 0 saturated carbocycles. The summed E-state index contributed by atoms with van der Waals surface area (Å²) < 4.78 is 12.0. The first-order valence-corrected chi connectivity index (χ1v) is 7.62. The predicted octanol–water partition coefficient (Wildman–Crippen LogP) is 2.82. The Hall–Kier alpha value is -3.10. The lowest BCUT2D eigenvalue weighted by atomic mass is 10.3. The number of hydrogen-bond donors (Lipinski definition) is 2. The number of nitrogens with zero attached hydrogens (tertiary/aromatic N) is 4. The van der Waals surface area contributed by atoms with Gasteiger partial charge in [0.25, 0.3) is 5.89 Å². The lowest BCUT2D eigenvalue weighted by Crippen LogP contribution is -2.30. The summed E-state index contributed by atoms with van der Waals surface area (Å²) in [6.07, 6.45) is 4.08. The van der Waals surface area contributed by atoms with Crippen molar-refractivity contribution < 1.29 is 13.7 Å². The molecule has 0 aliphatic carbocycles. The largest absolute Gasteiger partial charge is 0.459 e. The zero-order chi connectivity index (χ0) is 16.9. The van der Waals surface area contributed by atoms with Crippen molar-refractivity contribution in [3.05, 3.63) is 36.5 Å². The second kappa shape index (κ2) is 6.99. The number of carbonyl (C=O) groups excluding carboxylic acids is 1. The van der Waals surface area contributed by atoms with Crippen LogP contribution in [0.1, 0.15) is 32.1 Å². The Morgan fingerprint density at radius 2 is 2.29 bits per heavy atom. The van der Waals surface area contributed by atoms with Gasteiger partial charge in [0.1, 0.15) is 5.82 Å². The van der Waals surface area contributed by atoms with Gasteiger partial charge in [-0.2, -0.15) is 10.1 Å². The summed E-state index contributed by atoms with van der Waals surface area (Å²) in [4.78, 5) is 16.2. The summed E-state index contributed by atoms with van der Waals surface area (Å²) >= 11 is 0. The third kappa shape index (κ3) is 3.45. The van der Waals surface area contributed by atoms with Crippen LogP contribution in [0.2, 0.25) is 0 Å². The number of amides is 2. The number of aromatic nitrogens is 4. The zero-order valence-electron chi connectivity index (χ0n) is 13.4. The van der Waals surface area contributed by atoms with E-state index in [-0.39, 0.29) is 24.5 Å². The predicted molar refractivity (Wildman–Crippen MR) is 85.1 cm³/mol. The lowest BCUT2D eigenvalue weighted by molar-refractivity contribution is 0.251. The highest BCUT2D eigenvalue weighted by Gasteiger charge is 2.13. The number of urea groups is 1. The van der Waals surface area contributed by atoms with Crippen molar-refractivity contribution in [3.63, 3.8) is 0 Å². The van der Waals surface area contributed by atoms with Crippen molar-refractivity contribution in [1.29, 1.82) is 0 Å². The van der Waals surface area contributed by atoms with Gasteiger partial charge in [-0.15, -0.1) is 0 Å². The first-order valence-electron chi connectivity index (χ1n) is 7.62. The average molecular weight is 330 g/mol. The first-order chi connectivity index (χ1) is 11.7. The van der Waals surface area contributed by atoms with Crippen LogP contribution in [0.15, 0.2) is 39.6 Å². The standard InChI is InChI=1S/C15H18N6O3/c1-3-10(2)21-13(6-7-17-21)19-15(22)16-9-12-18-14(24-20-12)11-5-4-8-23-11/h4-8,10H,3,9H2,1-2H3,(H2,16,19,22)/t10-/m0/s1. The Bertz CT molecular complexity index is 792. The Kier molecular flexibility index (Phi) is 4.59. The van der Waals surface area contributed by atoms with E-state index in [9.17, 15) is 4.79 Å². The summed E-state index contributed by atoms with van der Waals surface area (Å²) in [7, 11) is 0. The molecule has 3 aromatic rings. The van der Waals surface area contributed by atoms with Gasteiger partial charge in [0.2, 0.25) is 0 Å². The lowest BCUT2D eigenvalue weighted by Gasteiger charge is -2.14. The van der Waals surface area contributed by atoms with Gasteiger partial charge in [-0.25, -0.2) is 9.48 Å². The van der Waals surface area contributed by atoms with E-state index in [1.807, 2.05) is 6.92 Å². The minimum atomic E-state index is -0.371. The molecule has 126 valence electrons. The van der Waals surface area contributed by atoms with Crippen molar-refractivity contribution in [3.8, 4) is 11.7 Å². The van der Waals surface area contributed by atoms with Crippen LogP contribution in [-0.2, 0) is 6.54 Å². The molecule has 2 amide bonds. The average Bonchev–Trinajstić information content (AvgIpc) is 3.32. The molecule has 3 rings (SSSR count). The van der Waals surface area contributed by atoms with Crippen molar-refractivity contribution in [2.45, 2.75) is 32.9 Å². The van der Waals surface area contributed by atoms with Crippen LogP contribution in [-0.4, -0.2) is 26.0 Å². The fraction of sp³-hybridized carbons (Fsp3) is 0.333. The van der Waals surface area contributed by atoms with Gasteiger partial charge < -0.3 is 14.3 Å². The molecular formula is C15H18N6O3. The van der Waals surface area contributed by atoms with Crippen molar-refractivity contribution >= 4 is 11.8 Å². The maximum atomic E-state index is 12.0. The van der Waals surface area contributed by atoms with E-state index in [2.05, 4.69) is 32.8 Å². The molecule has 24 heavy (non-hydrogen) atoms. The van der Waals surface area contributed by atoms with Gasteiger partial charge in [-0.1, -0.05) is 12.1 Å². The minimum absolute atomic E-state index is 0.132. The summed E-state index contributed by atoms with van der Waals surface area (Å²) in [6, 6.07) is 5.02. The Balaban J connectivity index is 1.56. The summed E-state index contributed by atoms with van der Waals surface area (Å²) in [5.41, 5.74) is 0. The second-order valence-corrected chi connectivity index (χ2v) is 5.22. The third-order valence-electron chi connectivity index (χ3n) is 3.53. The molecule has 1 atom stereocenters. The van der Waals surface area contributed by atoms with Gasteiger partial charge in [0.05, 0.1) is 25.0 Å². The maximum absolute atomic E-state index is 12.0. The minimum Gasteiger partial charge on any atom is -0.459 e. The molecule has 0 aromatic carbocycles. The Morgan fingerprint density at radius 1 is 1.42 bits per heavy atom. The molecular weight excluding hydrogens is 312 g/mol. The fourth-order valence-electron chi connectivity index (χ4n) is 2.08. The molecule has 0 fully saturated rings. The van der Waals surface area contributed by atoms with E-state index < -0.39 is 0 Å². The van der Waals surface area contributed by atoms with Gasteiger partial charge in [-0.3, -0.25) is 5.32 Å². The molecule has 0 unspecified atom stereocenters. The number of furan rings is 1.